The SMILES string of the molecule is N#CCOc1cccc(C2C3=C(COC3=O)Nc3cc4c(cc32)OCO4)c1. The summed E-state index contributed by atoms with van der Waals surface area (Å²) >= 11 is 0. The molecule has 2 aromatic rings. The van der Waals surface area contributed by atoms with Crippen LogP contribution in [0.4, 0.5) is 5.69 Å². The highest BCUT2D eigenvalue weighted by molar-refractivity contribution is 5.97. The number of fused-ring (bicyclic) bond motifs is 2. The Morgan fingerprint density at radius 2 is 2.04 bits per heavy atom. The first-order chi connectivity index (χ1) is 13.2. The molecular formula is C20H14N2O5. The van der Waals surface area contributed by atoms with E-state index in [1.54, 1.807) is 6.07 Å². The van der Waals surface area contributed by atoms with Gasteiger partial charge in [0.15, 0.2) is 18.1 Å². The van der Waals surface area contributed by atoms with E-state index >= 15 is 0 Å². The average Bonchev–Trinajstić information content (AvgIpc) is 3.29. The van der Waals surface area contributed by atoms with Crippen molar-refractivity contribution < 1.29 is 23.7 Å². The lowest BCUT2D eigenvalue weighted by Crippen LogP contribution is -2.19. The second-order valence-electron chi connectivity index (χ2n) is 6.34. The summed E-state index contributed by atoms with van der Waals surface area (Å²) in [6, 6.07) is 13.1. The Morgan fingerprint density at radius 1 is 1.19 bits per heavy atom. The zero-order valence-electron chi connectivity index (χ0n) is 14.2. The number of carbonyl (C=O) groups excluding carboxylic acids is 1. The number of anilines is 1. The number of hydrogen-bond acceptors (Lipinski definition) is 7. The van der Waals surface area contributed by atoms with Gasteiger partial charge in [0.05, 0.1) is 11.3 Å². The maximum Gasteiger partial charge on any atom is 0.337 e. The zero-order valence-corrected chi connectivity index (χ0v) is 14.2. The molecule has 27 heavy (non-hydrogen) atoms. The van der Waals surface area contributed by atoms with Crippen LogP contribution in [0.5, 0.6) is 17.2 Å². The summed E-state index contributed by atoms with van der Waals surface area (Å²) in [7, 11) is 0. The molecule has 7 nitrogen and oxygen atoms in total. The molecule has 0 amide bonds. The molecule has 7 heteroatoms. The zero-order chi connectivity index (χ0) is 18.4. The van der Waals surface area contributed by atoms with E-state index in [-0.39, 0.29) is 31.9 Å². The summed E-state index contributed by atoms with van der Waals surface area (Å²) in [4.78, 5) is 12.4. The van der Waals surface area contributed by atoms with Gasteiger partial charge in [0.1, 0.15) is 18.4 Å². The molecule has 1 unspecified atom stereocenters. The summed E-state index contributed by atoms with van der Waals surface area (Å²) in [5.74, 6) is 1.22. The van der Waals surface area contributed by atoms with E-state index in [0.717, 1.165) is 22.5 Å². The van der Waals surface area contributed by atoms with Gasteiger partial charge in [-0.05, 0) is 29.3 Å². The van der Waals surface area contributed by atoms with Crippen LogP contribution in [-0.4, -0.2) is 26.0 Å². The van der Waals surface area contributed by atoms with Crippen LogP contribution in [0.15, 0.2) is 47.7 Å². The summed E-state index contributed by atoms with van der Waals surface area (Å²) < 4.78 is 21.7. The Hall–Kier alpha value is -3.66. The molecule has 1 atom stereocenters. The molecule has 5 rings (SSSR count). The van der Waals surface area contributed by atoms with Crippen molar-refractivity contribution in [1.29, 1.82) is 5.26 Å². The number of rotatable bonds is 3. The van der Waals surface area contributed by atoms with E-state index in [2.05, 4.69) is 5.32 Å². The van der Waals surface area contributed by atoms with Crippen molar-refractivity contribution in [2.45, 2.75) is 5.92 Å². The molecule has 0 saturated carbocycles. The highest BCUT2D eigenvalue weighted by Crippen LogP contribution is 2.49. The van der Waals surface area contributed by atoms with Crippen LogP contribution in [0.2, 0.25) is 0 Å². The average molecular weight is 362 g/mol. The Kier molecular flexibility index (Phi) is 3.44. The normalized spacial score (nSPS) is 18.9. The van der Waals surface area contributed by atoms with Crippen molar-refractivity contribution in [2.75, 3.05) is 25.3 Å². The minimum atomic E-state index is -0.339. The molecule has 3 aliphatic heterocycles. The van der Waals surface area contributed by atoms with Gasteiger partial charge in [0, 0.05) is 17.7 Å². The highest BCUT2D eigenvalue weighted by Gasteiger charge is 2.39. The van der Waals surface area contributed by atoms with Crippen LogP contribution in [0.1, 0.15) is 17.0 Å². The second-order valence-corrected chi connectivity index (χ2v) is 6.34. The Balaban J connectivity index is 1.66. The lowest BCUT2D eigenvalue weighted by molar-refractivity contribution is -0.136. The monoisotopic (exact) mass is 362 g/mol. The number of hydrogen-bond donors (Lipinski definition) is 1. The molecule has 0 saturated heterocycles. The van der Waals surface area contributed by atoms with Gasteiger partial charge in [-0.15, -0.1) is 0 Å². The van der Waals surface area contributed by atoms with Gasteiger partial charge in [0.25, 0.3) is 0 Å². The maximum atomic E-state index is 12.4. The van der Waals surface area contributed by atoms with Crippen LogP contribution < -0.4 is 19.5 Å². The fourth-order valence-corrected chi connectivity index (χ4v) is 3.68. The first-order valence-electron chi connectivity index (χ1n) is 8.45. The Morgan fingerprint density at radius 3 is 2.89 bits per heavy atom. The van der Waals surface area contributed by atoms with Crippen molar-refractivity contribution >= 4 is 11.7 Å². The van der Waals surface area contributed by atoms with Crippen molar-refractivity contribution in [3.8, 4) is 23.3 Å². The molecule has 3 heterocycles. The molecule has 0 bridgehead atoms. The fourth-order valence-electron chi connectivity index (χ4n) is 3.68. The van der Waals surface area contributed by atoms with Crippen molar-refractivity contribution in [1.82, 2.24) is 0 Å². The van der Waals surface area contributed by atoms with Crippen molar-refractivity contribution in [2.24, 2.45) is 0 Å². The molecule has 0 spiro atoms. The smallest absolute Gasteiger partial charge is 0.337 e. The minimum absolute atomic E-state index is 0.0407. The number of nitrogens with one attached hydrogen (secondary N) is 1. The van der Waals surface area contributed by atoms with E-state index < -0.39 is 0 Å². The first-order valence-corrected chi connectivity index (χ1v) is 8.45. The number of benzene rings is 2. The highest BCUT2D eigenvalue weighted by atomic mass is 16.7. The number of nitriles is 1. The number of ether oxygens (including phenoxy) is 4. The molecule has 2 aromatic carbocycles. The largest absolute Gasteiger partial charge is 0.479 e. The molecule has 0 aromatic heterocycles. The van der Waals surface area contributed by atoms with Gasteiger partial charge in [-0.25, -0.2) is 4.79 Å². The molecule has 0 aliphatic carbocycles. The summed E-state index contributed by atoms with van der Waals surface area (Å²) in [6.45, 7) is 0.347. The predicted molar refractivity (Wildman–Crippen MR) is 93.6 cm³/mol. The Bertz CT molecular complexity index is 1040. The van der Waals surface area contributed by atoms with Gasteiger partial charge in [0.2, 0.25) is 6.79 Å². The molecule has 3 aliphatic rings. The predicted octanol–water partition coefficient (Wildman–Crippen LogP) is 2.69. The van der Waals surface area contributed by atoms with Gasteiger partial charge >= 0.3 is 5.97 Å². The summed E-state index contributed by atoms with van der Waals surface area (Å²) in [5, 5.41) is 12.0. The fraction of sp³-hybridized carbons (Fsp3) is 0.200. The number of nitrogens with zero attached hydrogens (tertiary/aromatic N) is 1. The lowest BCUT2D eigenvalue weighted by atomic mass is 9.81. The van der Waals surface area contributed by atoms with Crippen LogP contribution in [0.3, 0.4) is 0 Å². The quantitative estimate of drug-likeness (QED) is 0.840. The topological polar surface area (TPSA) is 89.8 Å². The second kappa shape index (κ2) is 5.95. The van der Waals surface area contributed by atoms with Crippen LogP contribution in [0, 0.1) is 11.3 Å². The Labute approximate surface area is 154 Å². The maximum absolute atomic E-state index is 12.4. The summed E-state index contributed by atoms with van der Waals surface area (Å²) in [6.07, 6.45) is 0. The van der Waals surface area contributed by atoms with Gasteiger partial charge < -0.3 is 24.3 Å². The molecular weight excluding hydrogens is 348 g/mol. The third-order valence-electron chi connectivity index (χ3n) is 4.82. The van der Waals surface area contributed by atoms with E-state index in [1.807, 2.05) is 36.4 Å². The van der Waals surface area contributed by atoms with Gasteiger partial charge in [-0.2, -0.15) is 5.26 Å². The van der Waals surface area contributed by atoms with Crippen molar-refractivity contribution in [3.63, 3.8) is 0 Å². The number of esters is 1. The third-order valence-corrected chi connectivity index (χ3v) is 4.82. The molecule has 134 valence electrons. The molecule has 1 N–H and O–H groups in total. The van der Waals surface area contributed by atoms with Crippen LogP contribution >= 0.6 is 0 Å². The number of carbonyl (C=O) groups is 1. The van der Waals surface area contributed by atoms with Crippen molar-refractivity contribution in [3.05, 3.63) is 58.8 Å². The summed E-state index contributed by atoms with van der Waals surface area (Å²) in [5.41, 5.74) is 3.95. The third kappa shape index (κ3) is 2.46. The standard InChI is InChI=1S/C20H14N2O5/c21-4-5-24-12-3-1-2-11(6-12)18-13-7-16-17(27-10-26-16)8-14(13)22-15-9-25-20(23)19(15)18/h1-3,6-8,18,22H,5,9-10H2. The van der Waals surface area contributed by atoms with E-state index in [0.29, 0.717) is 22.8 Å². The van der Waals surface area contributed by atoms with Gasteiger partial charge in [-0.1, -0.05) is 12.1 Å². The molecule has 0 radical (unpaired) electrons. The van der Waals surface area contributed by atoms with E-state index in [9.17, 15) is 4.79 Å². The van der Waals surface area contributed by atoms with E-state index in [1.165, 1.54) is 0 Å². The van der Waals surface area contributed by atoms with Crippen LogP contribution in [-0.2, 0) is 9.53 Å². The number of cyclic esters (lactones) is 1. The van der Waals surface area contributed by atoms with Crippen LogP contribution in [0.25, 0.3) is 0 Å². The minimum Gasteiger partial charge on any atom is -0.479 e. The molecule has 0 fully saturated rings. The first kappa shape index (κ1) is 15.6. The van der Waals surface area contributed by atoms with E-state index in [4.69, 9.17) is 24.2 Å². The van der Waals surface area contributed by atoms with Gasteiger partial charge in [-0.3, -0.25) is 0 Å². The lowest BCUT2D eigenvalue weighted by Gasteiger charge is -2.27.